The molecule has 158 valence electrons. The Bertz CT molecular complexity index is 1010. The average molecular weight is 454 g/mol. The summed E-state index contributed by atoms with van der Waals surface area (Å²) in [7, 11) is 0. The number of aromatic hydroxyl groups is 1. The molecule has 0 heterocycles. The van der Waals surface area contributed by atoms with Crippen molar-refractivity contribution in [1.29, 1.82) is 0 Å². The number of amides is 3. The molecule has 3 saturated carbocycles. The molecule has 0 saturated heterocycles. The van der Waals surface area contributed by atoms with Crippen LogP contribution >= 0.6 is 23.2 Å². The van der Waals surface area contributed by atoms with E-state index in [1.54, 1.807) is 6.07 Å². The van der Waals surface area contributed by atoms with Gasteiger partial charge in [0.05, 0.1) is 10.7 Å². The zero-order valence-corrected chi connectivity index (χ0v) is 17.1. The number of urea groups is 1. The molecule has 4 N–H and O–H groups in total. The van der Waals surface area contributed by atoms with Crippen molar-refractivity contribution < 1.29 is 23.8 Å². The molecule has 3 aliphatic carbocycles. The van der Waals surface area contributed by atoms with Gasteiger partial charge in [0.2, 0.25) is 0 Å². The van der Waals surface area contributed by atoms with Crippen LogP contribution < -0.4 is 20.7 Å². The summed E-state index contributed by atoms with van der Waals surface area (Å²) >= 11 is 11.4. The largest absolute Gasteiger partial charge is 0.506 e. The van der Waals surface area contributed by atoms with E-state index in [9.17, 15) is 19.1 Å². The van der Waals surface area contributed by atoms with E-state index in [0.29, 0.717) is 24.3 Å². The van der Waals surface area contributed by atoms with Crippen LogP contribution in [0.3, 0.4) is 0 Å². The molecule has 2 bridgehead atoms. The van der Waals surface area contributed by atoms with Crippen molar-refractivity contribution in [2.24, 2.45) is 0 Å². The lowest BCUT2D eigenvalue weighted by atomic mass is 9.44. The van der Waals surface area contributed by atoms with E-state index in [1.165, 1.54) is 24.3 Å². The summed E-state index contributed by atoms with van der Waals surface area (Å²) in [4.78, 5) is 24.3. The first kappa shape index (κ1) is 20.6. The Balaban J connectivity index is 1.22. The number of carbonyl (C=O) groups excluding carboxylic acids is 2. The summed E-state index contributed by atoms with van der Waals surface area (Å²) in [5, 5.41) is 18.5. The van der Waals surface area contributed by atoms with Crippen LogP contribution in [0.15, 0.2) is 36.4 Å². The fourth-order valence-corrected chi connectivity index (χ4v) is 4.39. The second-order valence-corrected chi connectivity index (χ2v) is 8.59. The number of nitrogens with one attached hydrogen (secondary N) is 3. The molecule has 0 radical (unpaired) electrons. The highest BCUT2D eigenvalue weighted by Gasteiger charge is 2.69. The minimum absolute atomic E-state index is 0.0196. The molecule has 0 spiro atoms. The van der Waals surface area contributed by atoms with Gasteiger partial charge >= 0.3 is 6.03 Å². The number of halogens is 3. The number of phenols is 1. The second kappa shape index (κ2) is 7.52. The van der Waals surface area contributed by atoms with Gasteiger partial charge in [0.15, 0.2) is 6.61 Å². The van der Waals surface area contributed by atoms with E-state index in [0.717, 1.165) is 6.07 Å². The minimum atomic E-state index is -0.618. The average Bonchev–Trinajstić information content (AvgIpc) is 2.62. The van der Waals surface area contributed by atoms with Crippen LogP contribution in [0.5, 0.6) is 11.5 Å². The van der Waals surface area contributed by atoms with Gasteiger partial charge in [-0.2, -0.15) is 0 Å². The summed E-state index contributed by atoms with van der Waals surface area (Å²) in [5.74, 6) is -0.856. The molecule has 0 unspecified atom stereocenters. The van der Waals surface area contributed by atoms with Crippen molar-refractivity contribution >= 4 is 40.8 Å². The minimum Gasteiger partial charge on any atom is -0.506 e. The molecule has 3 amide bonds. The van der Waals surface area contributed by atoms with Gasteiger partial charge in [0.25, 0.3) is 5.91 Å². The van der Waals surface area contributed by atoms with Crippen molar-refractivity contribution in [2.45, 2.75) is 30.3 Å². The summed E-state index contributed by atoms with van der Waals surface area (Å²) in [6, 6.07) is 7.91. The predicted molar refractivity (Wildman–Crippen MR) is 110 cm³/mol. The van der Waals surface area contributed by atoms with Gasteiger partial charge in [-0.15, -0.1) is 0 Å². The Hall–Kier alpha value is -2.71. The highest BCUT2D eigenvalue weighted by molar-refractivity contribution is 6.31. The maximum absolute atomic E-state index is 13.4. The van der Waals surface area contributed by atoms with Gasteiger partial charge in [0, 0.05) is 28.2 Å². The van der Waals surface area contributed by atoms with Gasteiger partial charge < -0.3 is 25.8 Å². The molecule has 7 nitrogen and oxygen atoms in total. The smallest absolute Gasteiger partial charge is 0.319 e. The van der Waals surface area contributed by atoms with E-state index >= 15 is 0 Å². The number of phenolic OH excluding ortho intramolecular Hbond substituents is 1. The molecule has 0 aromatic heterocycles. The Morgan fingerprint density at radius 1 is 1.07 bits per heavy atom. The normalized spacial score (nSPS) is 23.6. The lowest BCUT2D eigenvalue weighted by molar-refractivity contribution is -0.140. The van der Waals surface area contributed by atoms with E-state index in [-0.39, 0.29) is 45.8 Å². The third-order valence-electron chi connectivity index (χ3n) is 5.28. The molecule has 2 aromatic carbocycles. The summed E-state index contributed by atoms with van der Waals surface area (Å²) < 4.78 is 18.7. The van der Waals surface area contributed by atoms with Crippen LogP contribution in [0.25, 0.3) is 0 Å². The molecule has 2 aromatic rings. The number of benzene rings is 2. The molecular formula is C20H18Cl2FN3O4. The van der Waals surface area contributed by atoms with Crippen LogP contribution in [0.1, 0.15) is 19.3 Å². The van der Waals surface area contributed by atoms with Gasteiger partial charge in [-0.05, 0) is 43.5 Å². The van der Waals surface area contributed by atoms with Crippen LogP contribution in [0, 0.1) is 5.82 Å². The number of rotatable bonds is 6. The first-order valence-electron chi connectivity index (χ1n) is 9.14. The van der Waals surface area contributed by atoms with E-state index in [2.05, 4.69) is 16.0 Å². The Labute approximate surface area is 181 Å². The monoisotopic (exact) mass is 453 g/mol. The van der Waals surface area contributed by atoms with Crippen molar-refractivity contribution in [3.05, 3.63) is 52.3 Å². The zero-order valence-electron chi connectivity index (χ0n) is 15.6. The number of ether oxygens (including phenoxy) is 1. The number of hydrogen-bond donors (Lipinski definition) is 4. The van der Waals surface area contributed by atoms with Gasteiger partial charge in [-0.3, -0.25) is 4.79 Å². The number of carbonyl (C=O) groups is 2. The molecule has 3 aliphatic rings. The van der Waals surface area contributed by atoms with E-state index in [4.69, 9.17) is 27.9 Å². The van der Waals surface area contributed by atoms with Gasteiger partial charge in [0.1, 0.15) is 17.3 Å². The number of hydrogen-bond acceptors (Lipinski definition) is 4. The van der Waals surface area contributed by atoms with Crippen molar-refractivity contribution in [3.63, 3.8) is 0 Å². The highest BCUT2D eigenvalue weighted by Crippen LogP contribution is 2.60. The fraction of sp³-hybridized carbons (Fsp3) is 0.300. The van der Waals surface area contributed by atoms with Crippen molar-refractivity contribution in [3.8, 4) is 11.5 Å². The van der Waals surface area contributed by atoms with Crippen molar-refractivity contribution in [1.82, 2.24) is 10.6 Å². The first-order valence-corrected chi connectivity index (χ1v) is 9.90. The summed E-state index contributed by atoms with van der Waals surface area (Å²) in [5.41, 5.74) is -0.483. The molecule has 5 rings (SSSR count). The third-order valence-corrected chi connectivity index (χ3v) is 5.82. The highest BCUT2D eigenvalue weighted by atomic mass is 35.5. The lowest BCUT2D eigenvalue weighted by Gasteiger charge is -2.70. The lowest BCUT2D eigenvalue weighted by Crippen LogP contribution is -2.84. The Morgan fingerprint density at radius 3 is 2.43 bits per heavy atom. The molecule has 30 heavy (non-hydrogen) atoms. The first-order chi connectivity index (χ1) is 14.2. The number of anilines is 1. The third kappa shape index (κ3) is 4.11. The Morgan fingerprint density at radius 2 is 1.77 bits per heavy atom. The van der Waals surface area contributed by atoms with E-state index in [1.807, 2.05) is 0 Å². The zero-order chi connectivity index (χ0) is 21.5. The van der Waals surface area contributed by atoms with Crippen LogP contribution in [0.4, 0.5) is 14.9 Å². The predicted octanol–water partition coefficient (Wildman–Crippen LogP) is 3.83. The van der Waals surface area contributed by atoms with Crippen LogP contribution in [0.2, 0.25) is 10.0 Å². The molecule has 10 heteroatoms. The quantitative estimate of drug-likeness (QED) is 0.499. The fourth-order valence-electron chi connectivity index (χ4n) is 4.11. The SMILES string of the molecule is O=C(COc1ccc(Cl)c(F)c1)NC12CC(NC(=O)Nc3ccc(Cl)cc3O)(C1)C2. The van der Waals surface area contributed by atoms with Crippen LogP contribution in [-0.4, -0.2) is 34.7 Å². The molecule has 3 fully saturated rings. The van der Waals surface area contributed by atoms with Crippen molar-refractivity contribution in [2.75, 3.05) is 11.9 Å². The summed E-state index contributed by atoms with van der Waals surface area (Å²) in [6.07, 6.45) is 1.80. The Kier molecular flexibility index (Phi) is 5.15. The standard InChI is InChI=1S/C20H18Cl2FN3O4/c21-11-1-4-15(16(27)5-11)24-18(29)26-20-8-19(9-20,10-20)25-17(28)7-30-12-2-3-13(22)14(23)6-12/h1-6,27H,7-10H2,(H,25,28)(H2,24,26,29). The molecule has 0 atom stereocenters. The molecular weight excluding hydrogens is 436 g/mol. The van der Waals surface area contributed by atoms with E-state index < -0.39 is 11.8 Å². The maximum atomic E-state index is 13.4. The summed E-state index contributed by atoms with van der Waals surface area (Å²) in [6.45, 7) is -0.250. The van der Waals surface area contributed by atoms with Crippen LogP contribution in [-0.2, 0) is 4.79 Å². The van der Waals surface area contributed by atoms with Gasteiger partial charge in [-0.1, -0.05) is 23.2 Å². The van der Waals surface area contributed by atoms with Gasteiger partial charge in [-0.25, -0.2) is 9.18 Å². The topological polar surface area (TPSA) is 99.7 Å². The second-order valence-electron chi connectivity index (χ2n) is 7.74. The molecule has 0 aliphatic heterocycles. The maximum Gasteiger partial charge on any atom is 0.319 e.